The van der Waals surface area contributed by atoms with E-state index in [-0.39, 0.29) is 5.96 Å². The van der Waals surface area contributed by atoms with Crippen molar-refractivity contribution in [2.45, 2.75) is 6.42 Å². The molecular weight excluding hydrogens is 102 g/mol. The third kappa shape index (κ3) is 0.804. The normalized spacial score (nSPS) is 14.9. The van der Waals surface area contributed by atoms with Crippen LogP contribution < -0.4 is 5.73 Å². The highest BCUT2D eigenvalue weighted by atomic mass is 15.2. The standard InChI is InChI=1S/C5H9N3/c1-8(5(6)7)4-2-3-4/h2H,3H2,1H3,(H3,6,7). The van der Waals surface area contributed by atoms with Gasteiger partial charge in [-0.2, -0.15) is 0 Å². The number of nitrogens with two attached hydrogens (primary N) is 1. The average molecular weight is 111 g/mol. The smallest absolute Gasteiger partial charge is 0.192 e. The van der Waals surface area contributed by atoms with Crippen molar-refractivity contribution in [3.05, 3.63) is 11.8 Å². The van der Waals surface area contributed by atoms with Gasteiger partial charge in [0.2, 0.25) is 0 Å². The zero-order valence-corrected chi connectivity index (χ0v) is 4.81. The molecule has 0 aromatic heterocycles. The molecule has 0 radical (unpaired) electrons. The maximum Gasteiger partial charge on any atom is 0.192 e. The van der Waals surface area contributed by atoms with Crippen molar-refractivity contribution in [2.24, 2.45) is 5.73 Å². The second-order valence-corrected chi connectivity index (χ2v) is 1.84. The lowest BCUT2D eigenvalue weighted by Crippen LogP contribution is -2.29. The summed E-state index contributed by atoms with van der Waals surface area (Å²) in [4.78, 5) is 1.67. The fourth-order valence-electron chi connectivity index (χ4n) is 0.474. The van der Waals surface area contributed by atoms with Crippen LogP contribution in [0.1, 0.15) is 6.42 Å². The molecule has 0 unspecified atom stereocenters. The summed E-state index contributed by atoms with van der Waals surface area (Å²) in [6.07, 6.45) is 3.03. The van der Waals surface area contributed by atoms with Gasteiger partial charge in [0.05, 0.1) is 0 Å². The van der Waals surface area contributed by atoms with Gasteiger partial charge >= 0.3 is 0 Å². The Kier molecular flexibility index (Phi) is 0.970. The first-order valence-corrected chi connectivity index (χ1v) is 2.48. The number of hydrogen-bond acceptors (Lipinski definition) is 1. The Hall–Kier alpha value is -0.990. The molecular formula is C5H9N3. The number of nitrogens with zero attached hydrogens (tertiary/aromatic N) is 1. The van der Waals surface area contributed by atoms with Gasteiger partial charge in [-0.3, -0.25) is 5.41 Å². The van der Waals surface area contributed by atoms with Crippen LogP contribution >= 0.6 is 0 Å². The molecule has 1 aliphatic carbocycles. The Morgan fingerprint density at radius 1 is 2.00 bits per heavy atom. The molecule has 0 atom stereocenters. The minimum absolute atomic E-state index is 0.119. The molecule has 0 aliphatic heterocycles. The van der Waals surface area contributed by atoms with Crippen molar-refractivity contribution in [3.63, 3.8) is 0 Å². The van der Waals surface area contributed by atoms with Gasteiger partial charge < -0.3 is 10.6 Å². The predicted molar refractivity (Wildman–Crippen MR) is 32.4 cm³/mol. The highest BCUT2D eigenvalue weighted by molar-refractivity contribution is 5.77. The van der Waals surface area contributed by atoms with Gasteiger partial charge in [0.25, 0.3) is 0 Å². The second-order valence-electron chi connectivity index (χ2n) is 1.84. The summed E-state index contributed by atoms with van der Waals surface area (Å²) in [6.45, 7) is 0. The molecule has 0 aromatic rings. The molecule has 0 amide bonds. The quantitative estimate of drug-likeness (QED) is 0.372. The fraction of sp³-hybridized carbons (Fsp3) is 0.400. The van der Waals surface area contributed by atoms with Crippen molar-refractivity contribution in [1.29, 1.82) is 5.41 Å². The summed E-state index contributed by atoms with van der Waals surface area (Å²) >= 11 is 0. The number of guanidine groups is 1. The lowest BCUT2D eigenvalue weighted by molar-refractivity contribution is 0.636. The van der Waals surface area contributed by atoms with Gasteiger partial charge in [-0.1, -0.05) is 6.08 Å². The second kappa shape index (κ2) is 1.51. The van der Waals surface area contributed by atoms with Gasteiger partial charge in [0.15, 0.2) is 5.96 Å². The van der Waals surface area contributed by atoms with E-state index < -0.39 is 0 Å². The minimum atomic E-state index is 0.119. The molecule has 44 valence electrons. The number of hydrogen-bond donors (Lipinski definition) is 2. The van der Waals surface area contributed by atoms with Crippen LogP contribution in [0.4, 0.5) is 0 Å². The Balaban J connectivity index is 2.45. The molecule has 0 fully saturated rings. The molecule has 3 nitrogen and oxygen atoms in total. The maximum atomic E-state index is 6.93. The summed E-state index contributed by atoms with van der Waals surface area (Å²) < 4.78 is 0. The third-order valence-electron chi connectivity index (χ3n) is 1.18. The van der Waals surface area contributed by atoms with Crippen LogP contribution in [0.25, 0.3) is 0 Å². The van der Waals surface area contributed by atoms with Crippen molar-refractivity contribution in [3.8, 4) is 0 Å². The van der Waals surface area contributed by atoms with Crippen LogP contribution in [0, 0.1) is 5.41 Å². The average Bonchev–Trinajstić information content (AvgIpc) is 2.43. The largest absolute Gasteiger partial charge is 0.370 e. The van der Waals surface area contributed by atoms with E-state index >= 15 is 0 Å². The summed E-state index contributed by atoms with van der Waals surface area (Å²) in [6, 6.07) is 0. The first kappa shape index (κ1) is 5.15. The zero-order chi connectivity index (χ0) is 6.15. The summed E-state index contributed by atoms with van der Waals surface area (Å²) in [5, 5.41) is 6.93. The minimum Gasteiger partial charge on any atom is -0.370 e. The first-order valence-electron chi connectivity index (χ1n) is 2.48. The van der Waals surface area contributed by atoms with Crippen LogP contribution in [0.3, 0.4) is 0 Å². The van der Waals surface area contributed by atoms with Crippen molar-refractivity contribution in [1.82, 2.24) is 4.90 Å². The van der Waals surface area contributed by atoms with Gasteiger partial charge in [-0.05, 0) is 0 Å². The Morgan fingerprint density at radius 2 is 2.50 bits per heavy atom. The van der Waals surface area contributed by atoms with E-state index in [0.717, 1.165) is 12.1 Å². The molecule has 0 bridgehead atoms. The molecule has 1 aliphatic rings. The molecule has 8 heavy (non-hydrogen) atoms. The molecule has 3 N–H and O–H groups in total. The molecule has 0 saturated heterocycles. The van der Waals surface area contributed by atoms with Crippen LogP contribution in [0.15, 0.2) is 11.8 Å². The lowest BCUT2D eigenvalue weighted by Gasteiger charge is -2.10. The van der Waals surface area contributed by atoms with Crippen LogP contribution in [-0.2, 0) is 0 Å². The molecule has 1 rings (SSSR count). The van der Waals surface area contributed by atoms with E-state index in [1.54, 1.807) is 11.9 Å². The van der Waals surface area contributed by atoms with E-state index in [4.69, 9.17) is 11.1 Å². The van der Waals surface area contributed by atoms with E-state index in [1.165, 1.54) is 0 Å². The first-order chi connectivity index (χ1) is 3.72. The highest BCUT2D eigenvalue weighted by Gasteiger charge is 2.13. The van der Waals surface area contributed by atoms with Crippen LogP contribution in [-0.4, -0.2) is 17.9 Å². The van der Waals surface area contributed by atoms with Crippen molar-refractivity contribution >= 4 is 5.96 Å². The van der Waals surface area contributed by atoms with Crippen LogP contribution in [0.2, 0.25) is 0 Å². The molecule has 0 aromatic carbocycles. The van der Waals surface area contributed by atoms with Gasteiger partial charge in [-0.15, -0.1) is 0 Å². The lowest BCUT2D eigenvalue weighted by atomic mass is 10.6. The van der Waals surface area contributed by atoms with Crippen molar-refractivity contribution in [2.75, 3.05) is 7.05 Å². The van der Waals surface area contributed by atoms with E-state index in [1.807, 2.05) is 6.08 Å². The van der Waals surface area contributed by atoms with Gasteiger partial charge in [-0.25, -0.2) is 0 Å². The molecule has 0 heterocycles. The topological polar surface area (TPSA) is 53.1 Å². The third-order valence-corrected chi connectivity index (χ3v) is 1.18. The maximum absolute atomic E-state index is 6.93. The Bertz CT molecular complexity index is 146. The summed E-state index contributed by atoms with van der Waals surface area (Å²) in [5.74, 6) is 0.119. The zero-order valence-electron chi connectivity index (χ0n) is 4.81. The van der Waals surface area contributed by atoms with Gasteiger partial charge in [0, 0.05) is 19.2 Å². The highest BCUT2D eigenvalue weighted by Crippen LogP contribution is 2.20. The van der Waals surface area contributed by atoms with E-state index in [2.05, 4.69) is 0 Å². The monoisotopic (exact) mass is 111 g/mol. The molecule has 0 saturated carbocycles. The summed E-state index contributed by atoms with van der Waals surface area (Å²) in [7, 11) is 1.79. The predicted octanol–water partition coefficient (Wildman–Crippen LogP) is 0.0993. The van der Waals surface area contributed by atoms with Gasteiger partial charge in [0.1, 0.15) is 0 Å². The van der Waals surface area contributed by atoms with Crippen molar-refractivity contribution < 1.29 is 0 Å². The Morgan fingerprint density at radius 3 is 2.62 bits per heavy atom. The molecule has 0 spiro atoms. The van der Waals surface area contributed by atoms with E-state index in [0.29, 0.717) is 0 Å². The Labute approximate surface area is 48.3 Å². The van der Waals surface area contributed by atoms with E-state index in [9.17, 15) is 0 Å². The fourth-order valence-corrected chi connectivity index (χ4v) is 0.474. The number of rotatable bonds is 1. The number of allylic oxidation sites excluding steroid dienone is 2. The van der Waals surface area contributed by atoms with Crippen LogP contribution in [0.5, 0.6) is 0 Å². The summed E-state index contributed by atoms with van der Waals surface area (Å²) in [5.41, 5.74) is 6.30. The SMILES string of the molecule is CN(C(=N)N)C1=CC1. The molecule has 3 heteroatoms. The number of nitrogens with one attached hydrogen (secondary N) is 1.